The van der Waals surface area contributed by atoms with E-state index in [2.05, 4.69) is 26.6 Å². The largest absolute Gasteiger partial charge is 0.509 e. The van der Waals surface area contributed by atoms with Gasteiger partial charge in [-0.3, -0.25) is 57.6 Å². The number of fused-ring (bicyclic) bond motifs is 5. The van der Waals surface area contributed by atoms with Gasteiger partial charge in [0, 0.05) is 66.9 Å². The summed E-state index contributed by atoms with van der Waals surface area (Å²) in [6.45, 7) is 5.97. The molecule has 3 saturated carbocycles. The molecule has 5 aliphatic rings. The molecule has 9 atom stereocenters. The minimum atomic E-state index is -1.92. The molecule has 0 radical (unpaired) electrons. The van der Waals surface area contributed by atoms with Crippen LogP contribution in [0.4, 0.5) is 10.5 Å². The van der Waals surface area contributed by atoms with E-state index in [9.17, 15) is 62.6 Å². The molecular weight excluding hydrogens is 1010 g/mol. The highest BCUT2D eigenvalue weighted by Gasteiger charge is 2.68. The Morgan fingerprint density at radius 2 is 1.45 bits per heavy atom. The zero-order valence-corrected chi connectivity index (χ0v) is 43.5. The number of amides is 8. The van der Waals surface area contributed by atoms with E-state index in [1.54, 1.807) is 13.0 Å². The van der Waals surface area contributed by atoms with Gasteiger partial charge in [0.1, 0.15) is 36.1 Å². The van der Waals surface area contributed by atoms with Crippen molar-refractivity contribution in [2.45, 2.75) is 109 Å². The molecule has 416 valence electrons. The molecular formula is C53H67N7O17. The van der Waals surface area contributed by atoms with Crippen molar-refractivity contribution in [3.8, 4) is 0 Å². The fraction of sp³-hybridized carbons (Fsp3) is 0.547. The van der Waals surface area contributed by atoms with Crippen LogP contribution in [-0.4, -0.2) is 151 Å². The summed E-state index contributed by atoms with van der Waals surface area (Å²) >= 11 is 0. The first-order valence-electron chi connectivity index (χ1n) is 25.5. The summed E-state index contributed by atoms with van der Waals surface area (Å²) in [6.07, 6.45) is 7.14. The van der Waals surface area contributed by atoms with Crippen LogP contribution in [0.15, 0.2) is 60.2 Å². The molecule has 8 amide bonds. The lowest BCUT2D eigenvalue weighted by Crippen LogP contribution is -2.60. The molecule has 3 fully saturated rings. The minimum Gasteiger partial charge on any atom is -0.429 e. The summed E-state index contributed by atoms with van der Waals surface area (Å²) in [4.78, 5) is 152. The zero-order valence-electron chi connectivity index (χ0n) is 43.5. The quantitative estimate of drug-likeness (QED) is 0.0372. The number of anilines is 1. The highest BCUT2D eigenvalue weighted by atomic mass is 16.7. The average molecular weight is 1070 g/mol. The van der Waals surface area contributed by atoms with Gasteiger partial charge in [-0.15, -0.1) is 0 Å². The van der Waals surface area contributed by atoms with Crippen molar-refractivity contribution < 1.29 is 81.6 Å². The van der Waals surface area contributed by atoms with Crippen molar-refractivity contribution in [2.24, 2.45) is 34.3 Å². The van der Waals surface area contributed by atoms with Crippen LogP contribution < -0.4 is 32.3 Å². The molecule has 0 spiro atoms. The average Bonchev–Trinajstić information content (AvgIpc) is 3.97. The van der Waals surface area contributed by atoms with Gasteiger partial charge in [0.05, 0.1) is 32.8 Å². The summed E-state index contributed by atoms with van der Waals surface area (Å²) in [5.41, 5.74) is 3.34. The van der Waals surface area contributed by atoms with Gasteiger partial charge >= 0.3 is 6.16 Å². The van der Waals surface area contributed by atoms with Gasteiger partial charge in [0.15, 0.2) is 12.4 Å². The smallest absolute Gasteiger partial charge is 0.429 e. The number of carbonyl (C=O) groups excluding carboxylic acids is 12. The molecule has 6 rings (SSSR count). The molecule has 24 heteroatoms. The molecule has 24 nitrogen and oxygen atoms in total. The first kappa shape index (κ1) is 58.8. The highest BCUT2D eigenvalue weighted by Crippen LogP contribution is 2.66. The lowest BCUT2D eigenvalue weighted by atomic mass is 9.46. The zero-order chi connectivity index (χ0) is 56.2. The van der Waals surface area contributed by atoms with Crippen molar-refractivity contribution in [3.63, 3.8) is 0 Å². The molecule has 1 aromatic rings. The molecule has 0 bridgehead atoms. The number of aliphatic hydroxyl groups is 1. The van der Waals surface area contributed by atoms with E-state index in [1.807, 2.05) is 13.0 Å². The third-order valence-corrected chi connectivity index (χ3v) is 15.2. The maximum atomic E-state index is 13.9. The van der Waals surface area contributed by atoms with Crippen LogP contribution >= 0.6 is 0 Å². The number of allylic oxidation sites excluding steroid dienone is 4. The molecule has 1 heterocycles. The Labute approximate surface area is 444 Å². The van der Waals surface area contributed by atoms with Gasteiger partial charge < -0.3 is 56.4 Å². The van der Waals surface area contributed by atoms with Crippen LogP contribution in [0.25, 0.3) is 0 Å². The van der Waals surface area contributed by atoms with Crippen LogP contribution in [0.2, 0.25) is 0 Å². The molecule has 0 aromatic heterocycles. The number of rotatable bonds is 26. The van der Waals surface area contributed by atoms with Crippen molar-refractivity contribution in [3.05, 3.63) is 65.8 Å². The van der Waals surface area contributed by atoms with Crippen LogP contribution in [-0.2, 0) is 78.3 Å². The van der Waals surface area contributed by atoms with Gasteiger partial charge in [0.2, 0.25) is 41.2 Å². The Hall–Kier alpha value is -7.44. The number of benzene rings is 1. The van der Waals surface area contributed by atoms with Gasteiger partial charge in [-0.25, -0.2) is 4.79 Å². The standard InChI is InChI=1S/C53H67N7O17/c1-30(56-43(66)16-21-74-23-24-75-22-19-55-42(65)15-20-60-44(67)11-12-45(60)68)47(69)57-31(2)48(70)59-38(26-41(54)64)49(71)58-34-8-5-32(6-9-34)28-76-50(72)77-29-40(63)53(73)18-14-37-36-10-7-33-25-35(61)13-17-51(33,3)46(36)39(62)27-52(37,53)4/h5-6,8-9,11-13,17,25,30-31,36-38,46,73H,7,10,14-16,18-24,26-29H2,1-4H3,(H2,54,64)(H,55,65)(H,56,66)(H,57,69)(H,58,71)(H,59,70)/t30-,31-,36+,37?,38-,46?,51+,52+,53?/m0/s1. The van der Waals surface area contributed by atoms with Crippen molar-refractivity contribution >= 4 is 76.4 Å². The van der Waals surface area contributed by atoms with Crippen molar-refractivity contribution in [2.75, 3.05) is 51.4 Å². The number of nitrogens with zero attached hydrogens (tertiary/aromatic N) is 1. The van der Waals surface area contributed by atoms with E-state index in [1.165, 1.54) is 44.2 Å². The second-order valence-electron chi connectivity index (χ2n) is 20.4. The molecule has 8 N–H and O–H groups in total. The van der Waals surface area contributed by atoms with E-state index in [0.717, 1.165) is 22.6 Å². The number of carbonyl (C=O) groups is 12. The first-order valence-corrected chi connectivity index (χ1v) is 25.5. The predicted octanol–water partition coefficient (Wildman–Crippen LogP) is 0.290. The van der Waals surface area contributed by atoms with Gasteiger partial charge in [-0.2, -0.15) is 0 Å². The Kier molecular flexibility index (Phi) is 19.6. The van der Waals surface area contributed by atoms with Crippen LogP contribution in [0.5, 0.6) is 0 Å². The second kappa shape index (κ2) is 25.6. The summed E-state index contributed by atoms with van der Waals surface area (Å²) in [5.74, 6) is -6.67. The number of ketones is 3. The molecule has 3 unspecified atom stereocenters. The normalized spacial score (nSPS) is 25.2. The van der Waals surface area contributed by atoms with E-state index < -0.39 is 101 Å². The number of nitrogens with one attached hydrogen (secondary N) is 5. The first-order chi connectivity index (χ1) is 36.4. The fourth-order valence-electron chi connectivity index (χ4n) is 11.0. The van der Waals surface area contributed by atoms with Crippen LogP contribution in [0.1, 0.15) is 84.6 Å². The number of ether oxygens (including phenoxy) is 4. The molecule has 1 aliphatic heterocycles. The molecule has 0 saturated heterocycles. The number of hydrogen-bond acceptors (Lipinski definition) is 17. The van der Waals surface area contributed by atoms with E-state index >= 15 is 0 Å². The minimum absolute atomic E-state index is 0.00282. The summed E-state index contributed by atoms with van der Waals surface area (Å²) in [7, 11) is 0. The molecule has 4 aliphatic carbocycles. The number of hydrogen-bond donors (Lipinski definition) is 7. The van der Waals surface area contributed by atoms with Crippen LogP contribution in [0.3, 0.4) is 0 Å². The number of imide groups is 1. The summed E-state index contributed by atoms with van der Waals surface area (Å²) in [5, 5.41) is 24.4. The van der Waals surface area contributed by atoms with E-state index in [-0.39, 0.29) is 113 Å². The van der Waals surface area contributed by atoms with Gasteiger partial charge in [0.25, 0.3) is 11.8 Å². The number of nitrogens with two attached hydrogens (primary N) is 1. The Bertz CT molecular complexity index is 2600. The Morgan fingerprint density at radius 1 is 0.792 bits per heavy atom. The lowest BCUT2D eigenvalue weighted by Gasteiger charge is -2.56. The highest BCUT2D eigenvalue weighted by molar-refractivity contribution is 6.13. The summed E-state index contributed by atoms with van der Waals surface area (Å²) < 4.78 is 21.1. The monoisotopic (exact) mass is 1070 g/mol. The summed E-state index contributed by atoms with van der Waals surface area (Å²) in [6, 6.07) is 2.13. The second-order valence-corrected chi connectivity index (χ2v) is 20.4. The van der Waals surface area contributed by atoms with Crippen LogP contribution in [0, 0.1) is 28.6 Å². The van der Waals surface area contributed by atoms with Crippen molar-refractivity contribution in [1.82, 2.24) is 26.2 Å². The molecule has 77 heavy (non-hydrogen) atoms. The third-order valence-electron chi connectivity index (χ3n) is 15.2. The van der Waals surface area contributed by atoms with Gasteiger partial charge in [-0.05, 0) is 81.2 Å². The Morgan fingerprint density at radius 3 is 2.14 bits per heavy atom. The number of Topliss-reactive ketones (excluding diaryl/α,β-unsaturated/α-hetero) is 2. The van der Waals surface area contributed by atoms with Gasteiger partial charge in [-0.1, -0.05) is 37.6 Å². The maximum absolute atomic E-state index is 13.9. The lowest BCUT2D eigenvalue weighted by molar-refractivity contribution is -0.169. The van der Waals surface area contributed by atoms with E-state index in [4.69, 9.17) is 24.7 Å². The molecule has 1 aromatic carbocycles. The Balaban J connectivity index is 0.852. The predicted molar refractivity (Wildman–Crippen MR) is 269 cm³/mol. The maximum Gasteiger partial charge on any atom is 0.509 e. The van der Waals surface area contributed by atoms with Crippen molar-refractivity contribution in [1.29, 1.82) is 0 Å². The number of primary amides is 1. The fourth-order valence-corrected chi connectivity index (χ4v) is 11.0. The SMILES string of the molecule is C[C@H](NC(=O)CCOCCOCCNC(=O)CCN1C(=O)C=CC1=O)C(=O)N[C@@H](C)C(=O)N[C@@H](CC(N)=O)C(=O)Nc1ccc(COC(=O)OCC(=O)C2(O)CCC3[C@H]4CCC5=CC(=O)C=C[C@@]5(C)C4C(=O)C[C@]32C)cc1. The van der Waals surface area contributed by atoms with E-state index in [0.29, 0.717) is 24.8 Å². The third kappa shape index (κ3) is 14.3. The topological polar surface area (TPSA) is 351 Å².